The van der Waals surface area contributed by atoms with Gasteiger partial charge in [-0.15, -0.1) is 0 Å². The van der Waals surface area contributed by atoms with Crippen molar-refractivity contribution in [2.45, 2.75) is 44.7 Å². The van der Waals surface area contributed by atoms with Crippen molar-refractivity contribution in [3.63, 3.8) is 0 Å². The monoisotopic (exact) mass is 194 g/mol. The fraction of sp³-hybridized carbons (Fsp3) is 0.800. The van der Waals surface area contributed by atoms with E-state index in [0.717, 1.165) is 19.3 Å². The normalized spacial score (nSPS) is 37.4. The molecule has 1 fully saturated rings. The molecule has 0 spiro atoms. The zero-order valence-corrected chi connectivity index (χ0v) is 8.90. The lowest BCUT2D eigenvalue weighted by Crippen LogP contribution is -2.48. The van der Waals surface area contributed by atoms with Crippen LogP contribution in [0.2, 0.25) is 0 Å². The zero-order chi connectivity index (χ0) is 10.8. The molecular weight excluding hydrogens is 176 g/mol. The van der Waals surface area contributed by atoms with Crippen LogP contribution in [0.3, 0.4) is 0 Å². The molecule has 1 aliphatic rings. The molecular formula is C10H18N4. The summed E-state index contributed by atoms with van der Waals surface area (Å²) in [5, 5.41) is 3.82. The molecule has 1 aliphatic carbocycles. The van der Waals surface area contributed by atoms with Crippen LogP contribution < -0.4 is 5.73 Å². The second-order valence-electron chi connectivity index (χ2n) is 4.47. The molecule has 0 aromatic carbocycles. The summed E-state index contributed by atoms with van der Waals surface area (Å²) in [6.45, 7) is 7.92. The van der Waals surface area contributed by atoms with Gasteiger partial charge in [-0.1, -0.05) is 24.2 Å². The summed E-state index contributed by atoms with van der Waals surface area (Å²) in [5.74, 6) is 0.493. The van der Waals surface area contributed by atoms with Gasteiger partial charge in [0, 0.05) is 11.0 Å². The lowest BCUT2D eigenvalue weighted by molar-refractivity contribution is 0.234. The van der Waals surface area contributed by atoms with Crippen LogP contribution in [-0.4, -0.2) is 11.6 Å². The van der Waals surface area contributed by atoms with Crippen LogP contribution in [-0.2, 0) is 0 Å². The Morgan fingerprint density at radius 3 is 2.79 bits per heavy atom. The van der Waals surface area contributed by atoms with Crippen molar-refractivity contribution in [1.29, 1.82) is 0 Å². The number of hydrogen-bond donors (Lipinski definition) is 1. The van der Waals surface area contributed by atoms with Gasteiger partial charge >= 0.3 is 0 Å². The van der Waals surface area contributed by atoms with Crippen LogP contribution >= 0.6 is 0 Å². The first-order chi connectivity index (χ1) is 6.49. The first-order valence-corrected chi connectivity index (χ1v) is 4.97. The van der Waals surface area contributed by atoms with Gasteiger partial charge in [0.1, 0.15) is 0 Å². The largest absolute Gasteiger partial charge is 0.327 e. The number of nitrogens with zero attached hydrogens (tertiary/aromatic N) is 3. The van der Waals surface area contributed by atoms with Gasteiger partial charge in [-0.05, 0) is 37.6 Å². The summed E-state index contributed by atoms with van der Waals surface area (Å²) in [4.78, 5) is 2.87. The van der Waals surface area contributed by atoms with Crippen LogP contribution in [0.1, 0.15) is 33.1 Å². The third-order valence-electron chi connectivity index (χ3n) is 3.31. The molecule has 0 aliphatic heterocycles. The summed E-state index contributed by atoms with van der Waals surface area (Å²) in [6, 6.07) is -0.0474. The van der Waals surface area contributed by atoms with Crippen molar-refractivity contribution in [2.75, 3.05) is 0 Å². The first kappa shape index (κ1) is 11.1. The van der Waals surface area contributed by atoms with E-state index < -0.39 is 5.54 Å². The first-order valence-electron chi connectivity index (χ1n) is 4.97. The number of nitrogens with two attached hydrogens (primary N) is 1. The van der Waals surface area contributed by atoms with Crippen molar-refractivity contribution >= 4 is 0 Å². The molecule has 0 amide bonds. The SMILES string of the molecule is C=C(C)C1CCC(C)(N=[N+]=[N-])C(N)C1. The van der Waals surface area contributed by atoms with Crippen LogP contribution in [0.5, 0.6) is 0 Å². The molecule has 4 heteroatoms. The van der Waals surface area contributed by atoms with Crippen molar-refractivity contribution in [3.05, 3.63) is 22.6 Å². The molecule has 14 heavy (non-hydrogen) atoms. The Hall–Kier alpha value is -0.990. The van der Waals surface area contributed by atoms with Gasteiger partial charge in [-0.25, -0.2) is 0 Å². The van der Waals surface area contributed by atoms with Crippen LogP contribution in [0.15, 0.2) is 17.3 Å². The molecule has 3 unspecified atom stereocenters. The highest BCUT2D eigenvalue weighted by molar-refractivity contribution is 5.06. The van der Waals surface area contributed by atoms with Crippen LogP contribution in [0.25, 0.3) is 10.4 Å². The molecule has 4 nitrogen and oxygen atoms in total. The van der Waals surface area contributed by atoms with E-state index in [4.69, 9.17) is 11.3 Å². The average molecular weight is 194 g/mol. The predicted molar refractivity (Wildman–Crippen MR) is 57.7 cm³/mol. The van der Waals surface area contributed by atoms with Gasteiger partial charge in [-0.2, -0.15) is 0 Å². The molecule has 3 atom stereocenters. The molecule has 0 heterocycles. The summed E-state index contributed by atoms with van der Waals surface area (Å²) in [5.41, 5.74) is 15.3. The maximum Gasteiger partial charge on any atom is 0.0611 e. The molecule has 1 saturated carbocycles. The Morgan fingerprint density at radius 2 is 2.36 bits per heavy atom. The van der Waals surface area contributed by atoms with Crippen LogP contribution in [0, 0.1) is 5.92 Å². The van der Waals surface area contributed by atoms with Crippen molar-refractivity contribution in [2.24, 2.45) is 16.8 Å². The maximum absolute atomic E-state index is 8.46. The average Bonchev–Trinajstić information content (AvgIpc) is 2.10. The van der Waals surface area contributed by atoms with E-state index in [1.54, 1.807) is 0 Å². The van der Waals surface area contributed by atoms with Crippen molar-refractivity contribution in [1.82, 2.24) is 0 Å². The van der Waals surface area contributed by atoms with E-state index in [9.17, 15) is 0 Å². The highest BCUT2D eigenvalue weighted by atomic mass is 15.2. The Bertz CT molecular complexity index is 280. The minimum Gasteiger partial charge on any atom is -0.327 e. The summed E-state index contributed by atoms with van der Waals surface area (Å²) < 4.78 is 0. The molecule has 0 bridgehead atoms. The lowest BCUT2D eigenvalue weighted by Gasteiger charge is -2.39. The molecule has 0 radical (unpaired) electrons. The zero-order valence-electron chi connectivity index (χ0n) is 8.90. The standard InChI is InChI=1S/C10H18N4/c1-7(2)8-4-5-10(3,13-14-12)9(11)6-8/h8-9H,1,4-6,11H2,2-3H3. The van der Waals surface area contributed by atoms with E-state index in [1.165, 1.54) is 5.57 Å². The van der Waals surface area contributed by atoms with Gasteiger partial charge in [0.2, 0.25) is 0 Å². The number of hydrogen-bond acceptors (Lipinski definition) is 2. The summed E-state index contributed by atoms with van der Waals surface area (Å²) in [7, 11) is 0. The molecule has 0 aromatic heterocycles. The molecule has 2 N–H and O–H groups in total. The number of rotatable bonds is 2. The van der Waals surface area contributed by atoms with E-state index in [0.29, 0.717) is 5.92 Å². The highest BCUT2D eigenvalue weighted by Gasteiger charge is 2.37. The van der Waals surface area contributed by atoms with Gasteiger partial charge in [-0.3, -0.25) is 0 Å². The topological polar surface area (TPSA) is 74.8 Å². The van der Waals surface area contributed by atoms with Crippen molar-refractivity contribution in [3.8, 4) is 0 Å². The third-order valence-corrected chi connectivity index (χ3v) is 3.31. The molecule has 1 rings (SSSR count). The lowest BCUT2D eigenvalue weighted by atomic mass is 9.73. The minimum atomic E-state index is -0.402. The number of allylic oxidation sites excluding steroid dienone is 1. The Balaban J connectivity index is 2.73. The quantitative estimate of drug-likeness (QED) is 0.312. The molecule has 0 aromatic rings. The number of azide groups is 1. The van der Waals surface area contributed by atoms with Crippen LogP contribution in [0.4, 0.5) is 0 Å². The van der Waals surface area contributed by atoms with Gasteiger partial charge in [0.25, 0.3) is 0 Å². The second kappa shape index (κ2) is 4.03. The predicted octanol–water partition coefficient (Wildman–Crippen LogP) is 2.76. The smallest absolute Gasteiger partial charge is 0.0611 e. The second-order valence-corrected chi connectivity index (χ2v) is 4.47. The van der Waals surface area contributed by atoms with Crippen molar-refractivity contribution < 1.29 is 0 Å². The third kappa shape index (κ3) is 2.08. The maximum atomic E-state index is 8.46. The highest BCUT2D eigenvalue weighted by Crippen LogP contribution is 2.36. The Morgan fingerprint density at radius 1 is 1.71 bits per heavy atom. The summed E-state index contributed by atoms with van der Waals surface area (Å²) in [6.07, 6.45) is 2.76. The van der Waals surface area contributed by atoms with E-state index in [1.807, 2.05) is 13.8 Å². The summed E-state index contributed by atoms with van der Waals surface area (Å²) >= 11 is 0. The van der Waals surface area contributed by atoms with Gasteiger partial charge in [0.05, 0.1) is 5.54 Å². The van der Waals surface area contributed by atoms with Gasteiger partial charge in [0.15, 0.2) is 0 Å². The fourth-order valence-corrected chi connectivity index (χ4v) is 2.00. The van der Waals surface area contributed by atoms with E-state index in [2.05, 4.69) is 16.6 Å². The molecule has 78 valence electrons. The van der Waals surface area contributed by atoms with E-state index >= 15 is 0 Å². The molecule has 0 saturated heterocycles. The van der Waals surface area contributed by atoms with E-state index in [-0.39, 0.29) is 6.04 Å². The minimum absolute atomic E-state index is 0.0474. The Kier molecular flexibility index (Phi) is 3.19. The fourth-order valence-electron chi connectivity index (χ4n) is 2.00. The Labute approximate surface area is 84.8 Å². The van der Waals surface area contributed by atoms with Gasteiger partial charge < -0.3 is 5.73 Å².